The van der Waals surface area contributed by atoms with Crippen LogP contribution in [0.2, 0.25) is 0 Å². The van der Waals surface area contributed by atoms with Crippen molar-refractivity contribution >= 4 is 18.1 Å². The van der Waals surface area contributed by atoms with E-state index in [4.69, 9.17) is 0 Å². The van der Waals surface area contributed by atoms with Gasteiger partial charge in [0.1, 0.15) is 11.3 Å². The number of nitrogens with zero attached hydrogens (tertiary/aromatic N) is 1. The predicted molar refractivity (Wildman–Crippen MR) is 69.1 cm³/mol. The smallest absolute Gasteiger partial charge is 0.251 e. The fourth-order valence-electron chi connectivity index (χ4n) is 1.93. The predicted octanol–water partition coefficient (Wildman–Crippen LogP) is 0.138. The molecule has 6 nitrogen and oxygen atoms in total. The number of hydrogen-bond acceptors (Lipinski definition) is 5. The third-order valence-corrected chi connectivity index (χ3v) is 3.01. The molecule has 1 atom stereocenters. The van der Waals surface area contributed by atoms with Crippen molar-refractivity contribution in [3.8, 4) is 0 Å². The Hall–Kier alpha value is -2.08. The van der Waals surface area contributed by atoms with Gasteiger partial charge in [0.25, 0.3) is 5.91 Å². The maximum absolute atomic E-state index is 12.2. The Kier molecular flexibility index (Phi) is 5.32. The van der Waals surface area contributed by atoms with E-state index in [-0.39, 0.29) is 18.6 Å². The van der Waals surface area contributed by atoms with Gasteiger partial charge in [0.15, 0.2) is 0 Å². The molecule has 2 amide bonds. The van der Waals surface area contributed by atoms with Crippen LogP contribution in [0.1, 0.15) is 25.3 Å². The van der Waals surface area contributed by atoms with Gasteiger partial charge in [0.05, 0.1) is 0 Å². The van der Waals surface area contributed by atoms with Crippen molar-refractivity contribution in [2.45, 2.75) is 25.3 Å². The van der Waals surface area contributed by atoms with Gasteiger partial charge in [-0.2, -0.15) is 0 Å². The molecular weight excluding hydrogens is 246 g/mol. The van der Waals surface area contributed by atoms with E-state index >= 15 is 0 Å². The van der Waals surface area contributed by atoms with Gasteiger partial charge in [0, 0.05) is 18.8 Å². The van der Waals surface area contributed by atoms with Crippen LogP contribution < -0.4 is 10.6 Å². The number of Topliss-reactive ketones (excluding diaryl/α,β-unsaturated/α-hetero) is 1. The molecule has 0 radical (unpaired) electrons. The Balaban J connectivity index is 3.16. The van der Waals surface area contributed by atoms with Gasteiger partial charge in [0.2, 0.25) is 6.41 Å². The van der Waals surface area contributed by atoms with Crippen LogP contribution in [0.5, 0.6) is 0 Å². The molecule has 0 bridgehead atoms. The number of ketones is 1. The fraction of sp³-hybridized carbons (Fsp3) is 0.385. The third kappa shape index (κ3) is 3.45. The Morgan fingerprint density at radius 2 is 2.21 bits per heavy atom. The lowest BCUT2D eigenvalue weighted by Crippen LogP contribution is -2.53. The summed E-state index contributed by atoms with van der Waals surface area (Å²) in [4.78, 5) is 37.8. The summed E-state index contributed by atoms with van der Waals surface area (Å²) < 4.78 is 0. The van der Waals surface area contributed by atoms with Crippen LogP contribution >= 0.6 is 0 Å². The van der Waals surface area contributed by atoms with Crippen LogP contribution in [-0.2, 0) is 19.9 Å². The third-order valence-electron chi connectivity index (χ3n) is 3.01. The van der Waals surface area contributed by atoms with Crippen LogP contribution in [0.3, 0.4) is 0 Å². The summed E-state index contributed by atoms with van der Waals surface area (Å²) in [6.07, 6.45) is 3.94. The number of likely N-dealkylation sites (N-methyl/N-ethyl adjacent to an activating group) is 1. The monoisotopic (exact) mass is 263 g/mol. The minimum absolute atomic E-state index is 0.0255. The summed E-state index contributed by atoms with van der Waals surface area (Å²) >= 11 is 0. The number of aromatic nitrogens is 1. The molecule has 0 spiro atoms. The van der Waals surface area contributed by atoms with Crippen LogP contribution in [0, 0.1) is 0 Å². The molecule has 0 aromatic carbocycles. The summed E-state index contributed by atoms with van der Waals surface area (Å²) in [6.45, 7) is 1.46. The first kappa shape index (κ1) is 15.0. The van der Waals surface area contributed by atoms with E-state index in [1.807, 2.05) is 0 Å². The highest BCUT2D eigenvalue weighted by Crippen LogP contribution is 2.26. The van der Waals surface area contributed by atoms with E-state index in [0.29, 0.717) is 12.0 Å². The summed E-state index contributed by atoms with van der Waals surface area (Å²) in [5, 5.41) is 5.05. The molecule has 0 aliphatic rings. The van der Waals surface area contributed by atoms with Crippen molar-refractivity contribution < 1.29 is 14.4 Å². The molecule has 0 aliphatic heterocycles. The molecule has 102 valence electrons. The molecule has 19 heavy (non-hydrogen) atoms. The maximum Gasteiger partial charge on any atom is 0.251 e. The standard InChI is InChI=1S/C13H17N3O3/c1-10(18)5-6-13(14-2,12(19)16-9-17)11-4-3-7-15-8-11/h3-4,7-9,14H,5-6H2,1-2H3,(H,16,17,19). The molecular formula is C13H17N3O3. The number of carbonyl (C=O) groups excluding carboxylic acids is 3. The zero-order valence-corrected chi connectivity index (χ0v) is 11.0. The van der Waals surface area contributed by atoms with E-state index in [2.05, 4.69) is 15.6 Å². The van der Waals surface area contributed by atoms with Gasteiger partial charge in [-0.05, 0) is 32.0 Å². The Labute approximate surface area is 111 Å². The Bertz CT molecular complexity index is 461. The minimum atomic E-state index is -1.14. The van der Waals surface area contributed by atoms with E-state index < -0.39 is 11.4 Å². The molecule has 0 saturated carbocycles. The lowest BCUT2D eigenvalue weighted by molar-refractivity contribution is -0.131. The second-order valence-electron chi connectivity index (χ2n) is 4.19. The number of rotatable bonds is 7. The normalized spacial score (nSPS) is 13.4. The molecule has 1 heterocycles. The van der Waals surface area contributed by atoms with Crippen LogP contribution in [-0.4, -0.2) is 30.1 Å². The van der Waals surface area contributed by atoms with Crippen molar-refractivity contribution in [2.24, 2.45) is 0 Å². The van der Waals surface area contributed by atoms with Gasteiger partial charge in [-0.25, -0.2) is 0 Å². The Morgan fingerprint density at radius 3 is 2.68 bits per heavy atom. The van der Waals surface area contributed by atoms with E-state index in [1.54, 1.807) is 31.6 Å². The lowest BCUT2D eigenvalue weighted by Gasteiger charge is -2.31. The average molecular weight is 263 g/mol. The summed E-state index contributed by atoms with van der Waals surface area (Å²) in [7, 11) is 1.61. The van der Waals surface area contributed by atoms with Gasteiger partial charge in [-0.3, -0.25) is 19.9 Å². The van der Waals surface area contributed by atoms with Crippen molar-refractivity contribution in [2.75, 3.05) is 7.05 Å². The molecule has 1 aromatic heterocycles. The number of imide groups is 1. The lowest BCUT2D eigenvalue weighted by atomic mass is 9.85. The highest BCUT2D eigenvalue weighted by Gasteiger charge is 2.38. The van der Waals surface area contributed by atoms with E-state index in [0.717, 1.165) is 0 Å². The van der Waals surface area contributed by atoms with Crippen LogP contribution in [0.4, 0.5) is 0 Å². The molecule has 1 unspecified atom stereocenters. The molecule has 2 N–H and O–H groups in total. The zero-order chi connectivity index (χ0) is 14.3. The fourth-order valence-corrected chi connectivity index (χ4v) is 1.93. The van der Waals surface area contributed by atoms with Gasteiger partial charge in [-0.15, -0.1) is 0 Å². The molecule has 0 aliphatic carbocycles. The first-order chi connectivity index (χ1) is 9.06. The molecule has 6 heteroatoms. The van der Waals surface area contributed by atoms with Gasteiger partial charge in [-0.1, -0.05) is 6.07 Å². The molecule has 1 rings (SSSR count). The second kappa shape index (κ2) is 6.75. The van der Waals surface area contributed by atoms with Crippen LogP contribution in [0.15, 0.2) is 24.5 Å². The highest BCUT2D eigenvalue weighted by molar-refractivity contribution is 5.94. The number of hydrogen-bond donors (Lipinski definition) is 2. The van der Waals surface area contributed by atoms with Crippen molar-refractivity contribution in [1.29, 1.82) is 0 Å². The summed E-state index contributed by atoms with van der Waals surface area (Å²) in [6, 6.07) is 3.43. The zero-order valence-electron chi connectivity index (χ0n) is 11.0. The largest absolute Gasteiger partial charge is 0.303 e. The van der Waals surface area contributed by atoms with Gasteiger partial charge < -0.3 is 10.1 Å². The van der Waals surface area contributed by atoms with Gasteiger partial charge >= 0.3 is 0 Å². The average Bonchev–Trinajstić information content (AvgIpc) is 2.41. The van der Waals surface area contributed by atoms with E-state index in [9.17, 15) is 14.4 Å². The number of amides is 2. The second-order valence-corrected chi connectivity index (χ2v) is 4.19. The quantitative estimate of drug-likeness (QED) is 0.683. The summed E-state index contributed by atoms with van der Waals surface area (Å²) in [5.74, 6) is -0.526. The first-order valence-electron chi connectivity index (χ1n) is 5.90. The minimum Gasteiger partial charge on any atom is -0.303 e. The number of carbonyl (C=O) groups is 3. The molecule has 0 fully saturated rings. The van der Waals surface area contributed by atoms with Crippen molar-refractivity contribution in [3.63, 3.8) is 0 Å². The topological polar surface area (TPSA) is 88.2 Å². The number of pyridine rings is 1. The van der Waals surface area contributed by atoms with Crippen LogP contribution in [0.25, 0.3) is 0 Å². The molecule has 1 aromatic rings. The summed E-state index contributed by atoms with van der Waals surface area (Å²) in [5.41, 5.74) is -0.529. The van der Waals surface area contributed by atoms with E-state index in [1.165, 1.54) is 6.92 Å². The van der Waals surface area contributed by atoms with Crippen molar-refractivity contribution in [1.82, 2.24) is 15.6 Å². The SMILES string of the molecule is CNC(CCC(C)=O)(C(=O)NC=O)c1cccnc1. The first-order valence-corrected chi connectivity index (χ1v) is 5.90. The maximum atomic E-state index is 12.2. The molecule has 0 saturated heterocycles. The Morgan fingerprint density at radius 1 is 1.47 bits per heavy atom. The number of nitrogens with one attached hydrogen (secondary N) is 2. The highest BCUT2D eigenvalue weighted by atomic mass is 16.2. The van der Waals surface area contributed by atoms with Crippen molar-refractivity contribution in [3.05, 3.63) is 30.1 Å².